The molecular weight excluding hydrogens is 318 g/mol. The normalized spacial score (nSPS) is 17.4. The molecule has 1 aliphatic heterocycles. The molecule has 5 heteroatoms. The van der Waals surface area contributed by atoms with Crippen molar-refractivity contribution in [3.05, 3.63) is 54.6 Å². The summed E-state index contributed by atoms with van der Waals surface area (Å²) in [6.45, 7) is 2.62. The molecule has 2 aromatic carbocycles. The molecule has 1 unspecified atom stereocenters. The van der Waals surface area contributed by atoms with Crippen molar-refractivity contribution in [1.29, 1.82) is 0 Å². The minimum absolute atomic E-state index is 0.158. The van der Waals surface area contributed by atoms with E-state index in [1.165, 1.54) is 0 Å². The van der Waals surface area contributed by atoms with Gasteiger partial charge in [-0.1, -0.05) is 18.2 Å². The fourth-order valence-corrected chi connectivity index (χ4v) is 2.95. The molecule has 1 saturated heterocycles. The smallest absolute Gasteiger partial charge is 0.303 e. The van der Waals surface area contributed by atoms with Crippen molar-refractivity contribution in [3.8, 4) is 17.2 Å². The standard InChI is InChI=1S/C20H23NO4/c22-20(23)7-4-13-21-14-12-19(15-21)25-18-10-8-17(9-11-18)24-16-5-2-1-3-6-16/h1-3,5-6,8-11,19H,4,7,12-15H2,(H,22,23). The van der Waals surface area contributed by atoms with Gasteiger partial charge in [-0.3, -0.25) is 9.69 Å². The van der Waals surface area contributed by atoms with Crippen LogP contribution in [0.2, 0.25) is 0 Å². The van der Waals surface area contributed by atoms with Crippen LogP contribution in [0.25, 0.3) is 0 Å². The van der Waals surface area contributed by atoms with E-state index in [2.05, 4.69) is 4.90 Å². The number of carboxylic acids is 1. The second-order valence-electron chi connectivity index (χ2n) is 6.21. The molecule has 0 spiro atoms. The van der Waals surface area contributed by atoms with Crippen LogP contribution in [0.15, 0.2) is 54.6 Å². The first-order valence-electron chi connectivity index (χ1n) is 8.63. The second kappa shape index (κ2) is 8.53. The second-order valence-corrected chi connectivity index (χ2v) is 6.21. The number of likely N-dealkylation sites (tertiary alicyclic amines) is 1. The predicted molar refractivity (Wildman–Crippen MR) is 95.3 cm³/mol. The van der Waals surface area contributed by atoms with E-state index >= 15 is 0 Å². The number of carbonyl (C=O) groups is 1. The zero-order valence-electron chi connectivity index (χ0n) is 14.1. The summed E-state index contributed by atoms with van der Waals surface area (Å²) in [5.74, 6) is 1.69. The van der Waals surface area contributed by atoms with Gasteiger partial charge in [-0.05, 0) is 55.8 Å². The number of hydrogen-bond donors (Lipinski definition) is 1. The highest BCUT2D eigenvalue weighted by atomic mass is 16.5. The van der Waals surface area contributed by atoms with Crippen molar-refractivity contribution < 1.29 is 19.4 Å². The van der Waals surface area contributed by atoms with Crippen molar-refractivity contribution in [2.24, 2.45) is 0 Å². The molecule has 2 aromatic rings. The van der Waals surface area contributed by atoms with E-state index in [1.807, 2.05) is 54.6 Å². The highest BCUT2D eigenvalue weighted by molar-refractivity contribution is 5.66. The topological polar surface area (TPSA) is 59.0 Å². The number of rotatable bonds is 8. The van der Waals surface area contributed by atoms with E-state index in [9.17, 15) is 4.79 Å². The summed E-state index contributed by atoms with van der Waals surface area (Å²) in [6.07, 6.45) is 2.04. The highest BCUT2D eigenvalue weighted by Gasteiger charge is 2.23. The van der Waals surface area contributed by atoms with Gasteiger partial charge >= 0.3 is 5.97 Å². The van der Waals surface area contributed by atoms with Crippen molar-refractivity contribution in [3.63, 3.8) is 0 Å². The summed E-state index contributed by atoms with van der Waals surface area (Å²) < 4.78 is 11.8. The molecule has 1 aliphatic rings. The third-order valence-corrected chi connectivity index (χ3v) is 4.20. The van der Waals surface area contributed by atoms with Gasteiger partial charge in [0.05, 0.1) is 0 Å². The molecule has 0 saturated carbocycles. The fourth-order valence-electron chi connectivity index (χ4n) is 2.95. The first kappa shape index (κ1) is 17.3. The Balaban J connectivity index is 1.45. The Morgan fingerprint density at radius 3 is 2.44 bits per heavy atom. The summed E-state index contributed by atoms with van der Waals surface area (Å²) in [5, 5.41) is 8.70. The van der Waals surface area contributed by atoms with E-state index < -0.39 is 5.97 Å². The lowest BCUT2D eigenvalue weighted by molar-refractivity contribution is -0.137. The molecule has 0 bridgehead atoms. The molecule has 0 radical (unpaired) electrons. The largest absolute Gasteiger partial charge is 0.489 e. The fraction of sp³-hybridized carbons (Fsp3) is 0.350. The monoisotopic (exact) mass is 341 g/mol. The lowest BCUT2D eigenvalue weighted by Gasteiger charge is -2.16. The Morgan fingerprint density at radius 1 is 1.04 bits per heavy atom. The Bertz CT molecular complexity index is 672. The minimum atomic E-state index is -0.732. The van der Waals surface area contributed by atoms with Gasteiger partial charge in [0, 0.05) is 19.5 Å². The molecule has 0 aromatic heterocycles. The Kier molecular flexibility index (Phi) is 5.90. The summed E-state index contributed by atoms with van der Waals surface area (Å²) in [5.41, 5.74) is 0. The van der Waals surface area contributed by atoms with Gasteiger partial charge in [-0.25, -0.2) is 0 Å². The van der Waals surface area contributed by atoms with Gasteiger partial charge < -0.3 is 14.6 Å². The van der Waals surface area contributed by atoms with Crippen LogP contribution < -0.4 is 9.47 Å². The molecule has 3 rings (SSSR count). The average Bonchev–Trinajstić information content (AvgIpc) is 3.05. The van der Waals surface area contributed by atoms with Crippen LogP contribution in [0.3, 0.4) is 0 Å². The Hall–Kier alpha value is -2.53. The number of aliphatic carboxylic acids is 1. The van der Waals surface area contributed by atoms with Gasteiger partial charge in [0.2, 0.25) is 0 Å². The van der Waals surface area contributed by atoms with E-state index in [0.29, 0.717) is 6.42 Å². The lowest BCUT2D eigenvalue weighted by Crippen LogP contribution is -2.26. The maximum Gasteiger partial charge on any atom is 0.303 e. The first-order chi connectivity index (χ1) is 12.2. The molecule has 1 N–H and O–H groups in total. The molecule has 5 nitrogen and oxygen atoms in total. The Labute approximate surface area is 147 Å². The van der Waals surface area contributed by atoms with Crippen LogP contribution in [-0.2, 0) is 4.79 Å². The van der Waals surface area contributed by atoms with Gasteiger partial charge in [0.15, 0.2) is 0 Å². The number of nitrogens with zero attached hydrogens (tertiary/aromatic N) is 1. The van der Waals surface area contributed by atoms with Crippen molar-refractivity contribution in [2.75, 3.05) is 19.6 Å². The lowest BCUT2D eigenvalue weighted by atomic mass is 10.3. The van der Waals surface area contributed by atoms with E-state index in [-0.39, 0.29) is 12.5 Å². The zero-order chi connectivity index (χ0) is 17.5. The zero-order valence-corrected chi connectivity index (χ0v) is 14.1. The van der Waals surface area contributed by atoms with E-state index in [1.54, 1.807) is 0 Å². The summed E-state index contributed by atoms with van der Waals surface area (Å²) in [6, 6.07) is 17.3. The van der Waals surface area contributed by atoms with Crippen molar-refractivity contribution in [1.82, 2.24) is 4.90 Å². The number of benzene rings is 2. The molecular formula is C20H23NO4. The van der Waals surface area contributed by atoms with Gasteiger partial charge in [-0.15, -0.1) is 0 Å². The van der Waals surface area contributed by atoms with Crippen LogP contribution in [0, 0.1) is 0 Å². The number of carboxylic acid groups (broad SMARTS) is 1. The third kappa shape index (κ3) is 5.50. The molecule has 132 valence electrons. The maximum atomic E-state index is 10.6. The Morgan fingerprint density at radius 2 is 1.72 bits per heavy atom. The van der Waals surface area contributed by atoms with Gasteiger partial charge in [-0.2, -0.15) is 0 Å². The van der Waals surface area contributed by atoms with E-state index in [4.69, 9.17) is 14.6 Å². The van der Waals surface area contributed by atoms with E-state index in [0.717, 1.165) is 43.3 Å². The molecule has 1 heterocycles. The quantitative estimate of drug-likeness (QED) is 0.791. The predicted octanol–water partition coefficient (Wildman–Crippen LogP) is 3.80. The maximum absolute atomic E-state index is 10.6. The number of ether oxygens (including phenoxy) is 2. The minimum Gasteiger partial charge on any atom is -0.489 e. The van der Waals surface area contributed by atoms with Crippen molar-refractivity contribution in [2.45, 2.75) is 25.4 Å². The van der Waals surface area contributed by atoms with Gasteiger partial charge in [0.25, 0.3) is 0 Å². The van der Waals surface area contributed by atoms with Crippen LogP contribution >= 0.6 is 0 Å². The molecule has 0 amide bonds. The first-order valence-corrected chi connectivity index (χ1v) is 8.63. The SMILES string of the molecule is O=C(O)CCCN1CCC(Oc2ccc(Oc3ccccc3)cc2)C1. The summed E-state index contributed by atoms with van der Waals surface area (Å²) in [4.78, 5) is 12.8. The number of hydrogen-bond acceptors (Lipinski definition) is 4. The molecule has 25 heavy (non-hydrogen) atoms. The molecule has 1 atom stereocenters. The molecule has 1 fully saturated rings. The number of para-hydroxylation sites is 1. The molecule has 0 aliphatic carbocycles. The highest BCUT2D eigenvalue weighted by Crippen LogP contribution is 2.25. The van der Waals surface area contributed by atoms with Crippen LogP contribution in [0.1, 0.15) is 19.3 Å². The average molecular weight is 341 g/mol. The summed E-state index contributed by atoms with van der Waals surface area (Å²) in [7, 11) is 0. The third-order valence-electron chi connectivity index (χ3n) is 4.20. The van der Waals surface area contributed by atoms with Crippen LogP contribution in [0.4, 0.5) is 0 Å². The van der Waals surface area contributed by atoms with Gasteiger partial charge in [0.1, 0.15) is 23.4 Å². The van der Waals surface area contributed by atoms with Crippen LogP contribution in [-0.4, -0.2) is 41.7 Å². The van der Waals surface area contributed by atoms with Crippen LogP contribution in [0.5, 0.6) is 17.2 Å². The van der Waals surface area contributed by atoms with Crippen molar-refractivity contribution >= 4 is 5.97 Å². The summed E-state index contributed by atoms with van der Waals surface area (Å²) >= 11 is 0.